The van der Waals surface area contributed by atoms with Gasteiger partial charge in [0, 0.05) is 26.2 Å². The van der Waals surface area contributed by atoms with Gasteiger partial charge in [-0.2, -0.15) is 4.31 Å². The van der Waals surface area contributed by atoms with Crippen LogP contribution < -0.4 is 4.74 Å². The minimum absolute atomic E-state index is 0.0445. The van der Waals surface area contributed by atoms with E-state index < -0.39 is 15.9 Å². The number of carbonyl (C=O) groups is 2. The standard InChI is InChI=1S/C22H31ClN2O6S/c1-3-30-20-8-7-18(14-19(20)23)32(28,29)25-11-5-6-17(15-25)21(26)24-12-9-16(10-13-24)22(27)31-4-2/h7-8,14,16-17H,3-6,9-13,15H2,1-2H3/t17-/m0/s1. The van der Waals surface area contributed by atoms with Gasteiger partial charge in [-0.1, -0.05) is 11.6 Å². The third-order valence-corrected chi connectivity index (χ3v) is 8.16. The molecular weight excluding hydrogens is 456 g/mol. The van der Waals surface area contributed by atoms with Gasteiger partial charge in [0.25, 0.3) is 0 Å². The Morgan fingerprint density at radius 2 is 1.78 bits per heavy atom. The van der Waals surface area contributed by atoms with Crippen molar-refractivity contribution in [1.29, 1.82) is 0 Å². The van der Waals surface area contributed by atoms with Gasteiger partial charge in [-0.15, -0.1) is 0 Å². The maximum Gasteiger partial charge on any atom is 0.309 e. The van der Waals surface area contributed by atoms with E-state index in [1.54, 1.807) is 17.9 Å². The lowest BCUT2D eigenvalue weighted by molar-refractivity contribution is -0.152. The number of rotatable bonds is 7. The van der Waals surface area contributed by atoms with Gasteiger partial charge >= 0.3 is 5.97 Å². The molecule has 0 aliphatic carbocycles. The zero-order chi connectivity index (χ0) is 23.3. The molecule has 0 N–H and O–H groups in total. The third-order valence-electron chi connectivity index (χ3n) is 6.00. The fraction of sp³-hybridized carbons (Fsp3) is 0.636. The monoisotopic (exact) mass is 486 g/mol. The van der Waals surface area contributed by atoms with Crippen LogP contribution in [0.25, 0.3) is 0 Å². The molecule has 1 aromatic rings. The highest BCUT2D eigenvalue weighted by molar-refractivity contribution is 7.89. The second kappa shape index (κ2) is 10.9. The van der Waals surface area contributed by atoms with Crippen LogP contribution in [0.2, 0.25) is 5.02 Å². The molecule has 2 saturated heterocycles. The number of amides is 1. The van der Waals surface area contributed by atoms with Crippen LogP contribution in [0.1, 0.15) is 39.5 Å². The summed E-state index contributed by atoms with van der Waals surface area (Å²) in [5.41, 5.74) is 0. The van der Waals surface area contributed by atoms with E-state index in [4.69, 9.17) is 21.1 Å². The van der Waals surface area contributed by atoms with Crippen LogP contribution in [0.4, 0.5) is 0 Å². The Bertz CT molecular complexity index is 930. The Morgan fingerprint density at radius 1 is 1.06 bits per heavy atom. The van der Waals surface area contributed by atoms with Gasteiger partial charge < -0.3 is 14.4 Å². The maximum atomic E-state index is 13.2. The number of likely N-dealkylation sites (tertiary alicyclic amines) is 1. The van der Waals surface area contributed by atoms with Crippen LogP contribution in [0.15, 0.2) is 23.1 Å². The highest BCUT2D eigenvalue weighted by atomic mass is 35.5. The van der Waals surface area contributed by atoms with Crippen molar-refractivity contribution in [3.05, 3.63) is 23.2 Å². The highest BCUT2D eigenvalue weighted by Gasteiger charge is 2.37. The molecule has 0 aromatic heterocycles. The van der Waals surface area contributed by atoms with Gasteiger partial charge in [0.2, 0.25) is 15.9 Å². The fourth-order valence-electron chi connectivity index (χ4n) is 4.28. The first-order valence-corrected chi connectivity index (χ1v) is 13.0. The zero-order valence-corrected chi connectivity index (χ0v) is 20.2. The minimum Gasteiger partial charge on any atom is -0.492 e. The molecule has 0 bridgehead atoms. The zero-order valence-electron chi connectivity index (χ0n) is 18.6. The summed E-state index contributed by atoms with van der Waals surface area (Å²) in [5, 5.41) is 0.238. The molecule has 32 heavy (non-hydrogen) atoms. The number of hydrogen-bond acceptors (Lipinski definition) is 6. The Hall–Kier alpha value is -1.84. The number of nitrogens with zero attached hydrogens (tertiary/aromatic N) is 2. The van der Waals surface area contributed by atoms with Crippen molar-refractivity contribution in [1.82, 2.24) is 9.21 Å². The van der Waals surface area contributed by atoms with E-state index in [9.17, 15) is 18.0 Å². The van der Waals surface area contributed by atoms with E-state index >= 15 is 0 Å². The average Bonchev–Trinajstić information content (AvgIpc) is 2.80. The van der Waals surface area contributed by atoms with Crippen molar-refractivity contribution < 1.29 is 27.5 Å². The van der Waals surface area contributed by atoms with Crippen LogP contribution in [-0.2, 0) is 24.3 Å². The maximum absolute atomic E-state index is 13.2. The summed E-state index contributed by atoms with van der Waals surface area (Å²) in [5.74, 6) is -0.381. The highest BCUT2D eigenvalue weighted by Crippen LogP contribution is 2.31. The summed E-state index contributed by atoms with van der Waals surface area (Å²) in [6.45, 7) is 5.86. The molecule has 0 unspecified atom stereocenters. The summed E-state index contributed by atoms with van der Waals surface area (Å²) in [7, 11) is -3.78. The predicted molar refractivity (Wildman–Crippen MR) is 120 cm³/mol. The van der Waals surface area contributed by atoms with Crippen LogP contribution >= 0.6 is 11.6 Å². The molecule has 0 radical (unpaired) electrons. The SMILES string of the molecule is CCOC(=O)C1CCN(C(=O)[C@H]2CCCN(S(=O)(=O)c3ccc(OCC)c(Cl)c3)C2)CC1. The number of halogens is 1. The topological polar surface area (TPSA) is 93.2 Å². The van der Waals surface area contributed by atoms with Crippen molar-refractivity contribution in [3.63, 3.8) is 0 Å². The van der Waals surface area contributed by atoms with Gasteiger partial charge in [-0.25, -0.2) is 8.42 Å². The minimum atomic E-state index is -3.78. The molecule has 8 nitrogen and oxygen atoms in total. The molecule has 2 aliphatic rings. The van der Waals surface area contributed by atoms with E-state index in [0.717, 1.165) is 0 Å². The average molecular weight is 487 g/mol. The van der Waals surface area contributed by atoms with E-state index in [0.29, 0.717) is 64.3 Å². The van der Waals surface area contributed by atoms with Crippen molar-refractivity contribution >= 4 is 33.5 Å². The van der Waals surface area contributed by atoms with E-state index in [1.165, 1.54) is 16.4 Å². The number of piperidine rings is 2. The van der Waals surface area contributed by atoms with Crippen molar-refractivity contribution in [2.24, 2.45) is 11.8 Å². The molecule has 2 heterocycles. The van der Waals surface area contributed by atoms with E-state index in [1.807, 2.05) is 6.92 Å². The van der Waals surface area contributed by atoms with Crippen LogP contribution in [0.3, 0.4) is 0 Å². The van der Waals surface area contributed by atoms with Crippen LogP contribution in [0, 0.1) is 11.8 Å². The number of hydrogen-bond donors (Lipinski definition) is 0. The second-order valence-electron chi connectivity index (χ2n) is 8.08. The van der Waals surface area contributed by atoms with Crippen LogP contribution in [-0.4, -0.2) is 68.9 Å². The molecule has 2 fully saturated rings. The molecule has 1 aromatic carbocycles. The van der Waals surface area contributed by atoms with Crippen molar-refractivity contribution in [3.8, 4) is 5.75 Å². The lowest BCUT2D eigenvalue weighted by atomic mass is 9.93. The lowest BCUT2D eigenvalue weighted by Crippen LogP contribution is -2.49. The fourth-order valence-corrected chi connectivity index (χ4v) is 6.13. The largest absolute Gasteiger partial charge is 0.492 e. The molecule has 1 amide bonds. The Balaban J connectivity index is 1.64. The molecule has 10 heteroatoms. The van der Waals surface area contributed by atoms with E-state index in [-0.39, 0.29) is 34.3 Å². The van der Waals surface area contributed by atoms with Crippen molar-refractivity contribution in [2.75, 3.05) is 39.4 Å². The summed E-state index contributed by atoms with van der Waals surface area (Å²) in [6.07, 6.45) is 2.40. The van der Waals surface area contributed by atoms with Gasteiger partial charge in [-0.3, -0.25) is 9.59 Å². The number of esters is 1. The van der Waals surface area contributed by atoms with Crippen LogP contribution in [0.5, 0.6) is 5.75 Å². The van der Waals surface area contributed by atoms with Gasteiger partial charge in [0.05, 0.1) is 35.0 Å². The quantitative estimate of drug-likeness (QED) is 0.550. The molecular formula is C22H31ClN2O6S. The predicted octanol–water partition coefficient (Wildman–Crippen LogP) is 2.94. The molecule has 0 saturated carbocycles. The molecule has 2 aliphatic heterocycles. The smallest absolute Gasteiger partial charge is 0.309 e. The molecule has 0 spiro atoms. The third kappa shape index (κ3) is 5.55. The molecule has 3 rings (SSSR count). The number of carbonyl (C=O) groups excluding carboxylic acids is 2. The summed E-state index contributed by atoms with van der Waals surface area (Å²) < 4.78 is 38.2. The van der Waals surface area contributed by atoms with Gasteiger partial charge in [0.15, 0.2) is 0 Å². The normalized spacial score (nSPS) is 20.7. The summed E-state index contributed by atoms with van der Waals surface area (Å²) >= 11 is 6.19. The van der Waals surface area contributed by atoms with Gasteiger partial charge in [-0.05, 0) is 57.7 Å². The molecule has 178 valence electrons. The first-order valence-electron chi connectivity index (χ1n) is 11.2. The summed E-state index contributed by atoms with van der Waals surface area (Å²) in [4.78, 5) is 26.9. The number of sulfonamides is 1. The lowest BCUT2D eigenvalue weighted by Gasteiger charge is -2.37. The second-order valence-corrected chi connectivity index (χ2v) is 10.4. The Morgan fingerprint density at radius 3 is 2.41 bits per heavy atom. The first kappa shape index (κ1) is 24.8. The first-order chi connectivity index (χ1) is 15.3. The number of ether oxygens (including phenoxy) is 2. The Kier molecular flexibility index (Phi) is 8.41. The molecule has 1 atom stereocenters. The van der Waals surface area contributed by atoms with Crippen molar-refractivity contribution in [2.45, 2.75) is 44.4 Å². The van der Waals surface area contributed by atoms with Gasteiger partial charge in [0.1, 0.15) is 5.75 Å². The number of benzene rings is 1. The van der Waals surface area contributed by atoms with E-state index in [2.05, 4.69) is 0 Å². The summed E-state index contributed by atoms with van der Waals surface area (Å²) in [6, 6.07) is 4.43. The Labute approximate surface area is 194 Å².